The summed E-state index contributed by atoms with van der Waals surface area (Å²) < 4.78 is 18.7. The van der Waals surface area contributed by atoms with E-state index in [1.165, 1.54) is 24.3 Å². The number of para-hydroxylation sites is 1. The van der Waals surface area contributed by atoms with Gasteiger partial charge in [-0.3, -0.25) is 10.1 Å². The van der Waals surface area contributed by atoms with Crippen molar-refractivity contribution in [2.45, 2.75) is 6.61 Å². The molecule has 0 saturated heterocycles. The van der Waals surface area contributed by atoms with Crippen molar-refractivity contribution in [2.75, 3.05) is 0 Å². The second-order valence-electron chi connectivity index (χ2n) is 4.12. The zero-order valence-electron chi connectivity index (χ0n) is 10.7. The molecule has 0 fully saturated rings. The van der Waals surface area contributed by atoms with Gasteiger partial charge in [-0.25, -0.2) is 9.18 Å². The molecule has 6 nitrogen and oxygen atoms in total. The van der Waals surface area contributed by atoms with Gasteiger partial charge in [-0.2, -0.15) is 0 Å². The Labute approximate surface area is 118 Å². The normalized spacial score (nSPS) is 10.1. The number of carboxylic acids is 1. The van der Waals surface area contributed by atoms with Crippen molar-refractivity contribution in [3.63, 3.8) is 0 Å². The van der Waals surface area contributed by atoms with Crippen molar-refractivity contribution >= 4 is 11.7 Å². The summed E-state index contributed by atoms with van der Waals surface area (Å²) in [5, 5.41) is 19.5. The van der Waals surface area contributed by atoms with Gasteiger partial charge < -0.3 is 9.84 Å². The van der Waals surface area contributed by atoms with Gasteiger partial charge in [0.05, 0.1) is 16.1 Å². The van der Waals surface area contributed by atoms with E-state index in [-0.39, 0.29) is 18.0 Å². The summed E-state index contributed by atoms with van der Waals surface area (Å²) in [4.78, 5) is 21.0. The van der Waals surface area contributed by atoms with Crippen molar-refractivity contribution in [3.8, 4) is 5.75 Å². The number of ether oxygens (including phenoxy) is 1. The number of aromatic carboxylic acids is 1. The lowest BCUT2D eigenvalue weighted by Crippen LogP contribution is -2.03. The molecule has 0 aromatic heterocycles. The fourth-order valence-corrected chi connectivity index (χ4v) is 1.73. The SMILES string of the molecule is O=C(O)c1ccc(OCc2ccccc2[N+](=O)[O-])cc1F. The number of carboxylic acid groups (broad SMARTS) is 1. The van der Waals surface area contributed by atoms with Crippen LogP contribution in [0.5, 0.6) is 5.75 Å². The van der Waals surface area contributed by atoms with Crippen molar-refractivity contribution in [1.82, 2.24) is 0 Å². The third-order valence-corrected chi connectivity index (χ3v) is 2.75. The van der Waals surface area contributed by atoms with E-state index in [0.29, 0.717) is 5.56 Å². The summed E-state index contributed by atoms with van der Waals surface area (Å²) in [7, 11) is 0. The fraction of sp³-hybridized carbons (Fsp3) is 0.0714. The molecule has 7 heteroatoms. The smallest absolute Gasteiger partial charge is 0.338 e. The van der Waals surface area contributed by atoms with Gasteiger partial charge in [0.15, 0.2) is 0 Å². The first-order valence-electron chi connectivity index (χ1n) is 5.87. The van der Waals surface area contributed by atoms with Gasteiger partial charge >= 0.3 is 5.97 Å². The van der Waals surface area contributed by atoms with Crippen LogP contribution in [0.15, 0.2) is 42.5 Å². The Hall–Kier alpha value is -2.96. The maximum absolute atomic E-state index is 13.5. The van der Waals surface area contributed by atoms with Crippen LogP contribution in [-0.4, -0.2) is 16.0 Å². The van der Waals surface area contributed by atoms with Crippen LogP contribution in [0.25, 0.3) is 0 Å². The Bertz CT molecular complexity index is 702. The maximum atomic E-state index is 13.5. The van der Waals surface area contributed by atoms with Gasteiger partial charge in [-0.1, -0.05) is 12.1 Å². The number of hydrogen-bond acceptors (Lipinski definition) is 4. The Balaban J connectivity index is 2.16. The number of benzene rings is 2. The predicted molar refractivity (Wildman–Crippen MR) is 70.8 cm³/mol. The summed E-state index contributed by atoms with van der Waals surface area (Å²) in [6, 6.07) is 9.32. The van der Waals surface area contributed by atoms with E-state index in [1.807, 2.05) is 0 Å². The molecule has 0 aliphatic carbocycles. The Morgan fingerprint density at radius 3 is 2.62 bits per heavy atom. The first-order chi connectivity index (χ1) is 9.99. The number of nitro benzene ring substituents is 1. The summed E-state index contributed by atoms with van der Waals surface area (Å²) in [6.07, 6.45) is 0. The number of nitro groups is 1. The van der Waals surface area contributed by atoms with Gasteiger partial charge in [0.25, 0.3) is 5.69 Å². The summed E-state index contributed by atoms with van der Waals surface area (Å²) in [5.41, 5.74) is -0.224. The summed E-state index contributed by atoms with van der Waals surface area (Å²) in [6.45, 7) is -0.122. The second kappa shape index (κ2) is 6.00. The standard InChI is InChI=1S/C14H10FNO5/c15-12-7-10(5-6-11(12)14(17)18)21-8-9-3-1-2-4-13(9)16(19)20/h1-7H,8H2,(H,17,18). The van der Waals surface area contributed by atoms with Crippen LogP contribution in [0.4, 0.5) is 10.1 Å². The molecule has 2 rings (SSSR count). The van der Waals surface area contributed by atoms with E-state index >= 15 is 0 Å². The first-order valence-corrected chi connectivity index (χ1v) is 5.87. The highest BCUT2D eigenvalue weighted by molar-refractivity contribution is 5.88. The van der Waals surface area contributed by atoms with Crippen molar-refractivity contribution in [3.05, 3.63) is 69.5 Å². The second-order valence-corrected chi connectivity index (χ2v) is 4.12. The highest BCUT2D eigenvalue weighted by Gasteiger charge is 2.14. The van der Waals surface area contributed by atoms with E-state index in [1.54, 1.807) is 6.07 Å². The van der Waals surface area contributed by atoms with Gasteiger partial charge in [-0.15, -0.1) is 0 Å². The number of carbonyl (C=O) groups is 1. The summed E-state index contributed by atoms with van der Waals surface area (Å²) in [5.74, 6) is -2.21. The number of nitrogens with zero attached hydrogens (tertiary/aromatic N) is 1. The average molecular weight is 291 g/mol. The first kappa shape index (κ1) is 14.4. The molecule has 2 aromatic rings. The van der Waals surface area contributed by atoms with Gasteiger partial charge in [0.1, 0.15) is 18.2 Å². The molecule has 0 heterocycles. The Kier molecular flexibility index (Phi) is 4.13. The van der Waals surface area contributed by atoms with Crippen molar-refractivity contribution in [1.29, 1.82) is 0 Å². The third kappa shape index (κ3) is 3.33. The molecule has 0 atom stereocenters. The average Bonchev–Trinajstić information content (AvgIpc) is 2.45. The van der Waals surface area contributed by atoms with Crippen LogP contribution in [0.1, 0.15) is 15.9 Å². The Morgan fingerprint density at radius 2 is 2.00 bits per heavy atom. The van der Waals surface area contributed by atoms with E-state index < -0.39 is 22.3 Å². The molecular formula is C14H10FNO5. The molecular weight excluding hydrogens is 281 g/mol. The highest BCUT2D eigenvalue weighted by Crippen LogP contribution is 2.22. The van der Waals surface area contributed by atoms with Crippen LogP contribution in [-0.2, 0) is 6.61 Å². The predicted octanol–water partition coefficient (Wildman–Crippen LogP) is 3.01. The number of halogens is 1. The molecule has 1 N–H and O–H groups in total. The third-order valence-electron chi connectivity index (χ3n) is 2.75. The summed E-state index contributed by atoms with van der Waals surface area (Å²) >= 11 is 0. The molecule has 2 aromatic carbocycles. The Morgan fingerprint density at radius 1 is 1.29 bits per heavy atom. The lowest BCUT2D eigenvalue weighted by molar-refractivity contribution is -0.385. The lowest BCUT2D eigenvalue weighted by Gasteiger charge is -2.07. The van der Waals surface area contributed by atoms with Crippen LogP contribution < -0.4 is 4.74 Å². The fourth-order valence-electron chi connectivity index (χ4n) is 1.73. The van der Waals surface area contributed by atoms with Gasteiger partial charge in [0, 0.05) is 12.1 Å². The van der Waals surface area contributed by atoms with E-state index in [4.69, 9.17) is 9.84 Å². The molecule has 0 bridgehead atoms. The monoisotopic (exact) mass is 291 g/mol. The molecule has 0 aliphatic heterocycles. The van der Waals surface area contributed by atoms with Crippen LogP contribution >= 0.6 is 0 Å². The maximum Gasteiger partial charge on any atom is 0.338 e. The number of hydrogen-bond donors (Lipinski definition) is 1. The largest absolute Gasteiger partial charge is 0.489 e. The topological polar surface area (TPSA) is 89.7 Å². The van der Waals surface area contributed by atoms with E-state index in [0.717, 1.165) is 12.1 Å². The van der Waals surface area contributed by atoms with Gasteiger partial charge in [-0.05, 0) is 18.2 Å². The minimum absolute atomic E-state index is 0.0932. The minimum Gasteiger partial charge on any atom is -0.489 e. The van der Waals surface area contributed by atoms with E-state index in [9.17, 15) is 19.3 Å². The molecule has 0 aliphatic rings. The quantitative estimate of drug-likeness (QED) is 0.675. The highest BCUT2D eigenvalue weighted by atomic mass is 19.1. The molecule has 0 spiro atoms. The molecule has 21 heavy (non-hydrogen) atoms. The molecule has 0 amide bonds. The molecule has 0 saturated carbocycles. The minimum atomic E-state index is -1.38. The zero-order valence-corrected chi connectivity index (χ0v) is 10.7. The molecule has 0 radical (unpaired) electrons. The number of rotatable bonds is 5. The molecule has 0 unspecified atom stereocenters. The van der Waals surface area contributed by atoms with Crippen LogP contribution in [0.2, 0.25) is 0 Å². The van der Waals surface area contributed by atoms with Gasteiger partial charge in [0.2, 0.25) is 0 Å². The molecule has 108 valence electrons. The van der Waals surface area contributed by atoms with Crippen LogP contribution in [0.3, 0.4) is 0 Å². The zero-order chi connectivity index (χ0) is 15.4. The lowest BCUT2D eigenvalue weighted by atomic mass is 10.2. The van der Waals surface area contributed by atoms with Crippen molar-refractivity contribution < 1.29 is 24.0 Å². The van der Waals surface area contributed by atoms with E-state index in [2.05, 4.69) is 0 Å². The van der Waals surface area contributed by atoms with Crippen LogP contribution in [0, 0.1) is 15.9 Å². The van der Waals surface area contributed by atoms with Crippen molar-refractivity contribution in [2.24, 2.45) is 0 Å².